The SMILES string of the molecule is O=C(c1ccccc1NS(=O)(=O)c1ccc(S(=O)(=O)N2CCCC2)cc1)N1CCCC1. The molecule has 2 aliphatic rings. The number of benzene rings is 2. The Balaban J connectivity index is 1.57. The third-order valence-electron chi connectivity index (χ3n) is 5.63. The maximum Gasteiger partial charge on any atom is 0.261 e. The molecule has 31 heavy (non-hydrogen) atoms. The summed E-state index contributed by atoms with van der Waals surface area (Å²) in [6.45, 7) is 2.28. The normalized spacial score (nSPS) is 17.7. The summed E-state index contributed by atoms with van der Waals surface area (Å²) < 4.78 is 55.0. The first kappa shape index (κ1) is 21.8. The van der Waals surface area contributed by atoms with Crippen LogP contribution in [0, 0.1) is 0 Å². The quantitative estimate of drug-likeness (QED) is 0.709. The zero-order valence-corrected chi connectivity index (χ0v) is 18.7. The van der Waals surface area contributed by atoms with E-state index in [9.17, 15) is 21.6 Å². The summed E-state index contributed by atoms with van der Waals surface area (Å²) >= 11 is 0. The van der Waals surface area contributed by atoms with E-state index in [0.717, 1.165) is 25.7 Å². The molecule has 4 rings (SSSR count). The zero-order valence-electron chi connectivity index (χ0n) is 17.0. The van der Waals surface area contributed by atoms with Gasteiger partial charge in [0.05, 0.1) is 21.0 Å². The molecule has 0 unspecified atom stereocenters. The summed E-state index contributed by atoms with van der Waals surface area (Å²) in [4.78, 5) is 14.5. The number of carbonyl (C=O) groups excluding carboxylic acids is 1. The fourth-order valence-electron chi connectivity index (χ4n) is 3.92. The number of likely N-dealkylation sites (tertiary alicyclic amines) is 1. The molecule has 0 aromatic heterocycles. The van der Waals surface area contributed by atoms with Gasteiger partial charge >= 0.3 is 0 Å². The first-order chi connectivity index (χ1) is 14.8. The van der Waals surface area contributed by atoms with Gasteiger partial charge in [0.2, 0.25) is 10.0 Å². The second-order valence-electron chi connectivity index (χ2n) is 7.73. The van der Waals surface area contributed by atoms with Gasteiger partial charge in [-0.2, -0.15) is 4.31 Å². The van der Waals surface area contributed by atoms with Gasteiger partial charge < -0.3 is 4.90 Å². The number of hydrogen-bond donors (Lipinski definition) is 1. The summed E-state index contributed by atoms with van der Waals surface area (Å²) in [6.07, 6.45) is 3.52. The van der Waals surface area contributed by atoms with E-state index in [4.69, 9.17) is 0 Å². The molecule has 0 bridgehead atoms. The van der Waals surface area contributed by atoms with Gasteiger partial charge in [0.1, 0.15) is 0 Å². The van der Waals surface area contributed by atoms with Crippen molar-refractivity contribution in [2.75, 3.05) is 30.9 Å². The van der Waals surface area contributed by atoms with Crippen LogP contribution < -0.4 is 4.72 Å². The fraction of sp³-hybridized carbons (Fsp3) is 0.381. The Bertz CT molecular complexity index is 1170. The summed E-state index contributed by atoms with van der Waals surface area (Å²) in [5.41, 5.74) is 0.495. The monoisotopic (exact) mass is 463 g/mol. The third kappa shape index (κ3) is 4.46. The molecule has 8 nitrogen and oxygen atoms in total. The van der Waals surface area contributed by atoms with Crippen LogP contribution in [0.4, 0.5) is 5.69 Å². The molecule has 0 spiro atoms. The number of nitrogens with one attached hydrogen (secondary N) is 1. The first-order valence-electron chi connectivity index (χ1n) is 10.3. The Morgan fingerprint density at radius 3 is 1.94 bits per heavy atom. The van der Waals surface area contributed by atoms with E-state index in [1.54, 1.807) is 29.2 Å². The first-order valence-corrected chi connectivity index (χ1v) is 13.2. The molecule has 0 atom stereocenters. The Morgan fingerprint density at radius 1 is 0.742 bits per heavy atom. The standard InChI is InChI=1S/C21H25N3O5S2/c25-21(23-13-3-4-14-23)19-7-1-2-8-20(19)22-30(26,27)17-9-11-18(12-10-17)31(28,29)24-15-5-6-16-24/h1-2,7-12,22H,3-6,13-16H2. The minimum atomic E-state index is -4.00. The second kappa shape index (κ2) is 8.60. The third-order valence-corrected chi connectivity index (χ3v) is 8.93. The lowest BCUT2D eigenvalue weighted by Crippen LogP contribution is -2.29. The number of carbonyl (C=O) groups is 1. The number of nitrogens with zero attached hydrogens (tertiary/aromatic N) is 2. The van der Waals surface area contributed by atoms with Crippen LogP contribution in [-0.4, -0.2) is 58.1 Å². The van der Waals surface area contributed by atoms with E-state index in [-0.39, 0.29) is 21.4 Å². The highest BCUT2D eigenvalue weighted by Crippen LogP contribution is 2.25. The molecule has 0 aliphatic carbocycles. The fourth-order valence-corrected chi connectivity index (χ4v) is 6.52. The van der Waals surface area contributed by atoms with Gasteiger partial charge in [-0.1, -0.05) is 12.1 Å². The van der Waals surface area contributed by atoms with Crippen molar-refractivity contribution in [3.8, 4) is 0 Å². The lowest BCUT2D eigenvalue weighted by atomic mass is 10.1. The number of amides is 1. The highest BCUT2D eigenvalue weighted by molar-refractivity contribution is 7.92. The zero-order chi connectivity index (χ0) is 22.1. The summed E-state index contributed by atoms with van der Waals surface area (Å²) in [6, 6.07) is 11.7. The molecule has 2 aromatic rings. The maximum absolute atomic E-state index is 12.9. The van der Waals surface area contributed by atoms with Crippen molar-refractivity contribution in [2.45, 2.75) is 35.5 Å². The summed E-state index contributed by atoms with van der Waals surface area (Å²) in [5.74, 6) is -0.206. The van der Waals surface area contributed by atoms with Crippen LogP contribution in [0.3, 0.4) is 0 Å². The van der Waals surface area contributed by atoms with E-state index >= 15 is 0 Å². The molecule has 0 saturated carbocycles. The number of rotatable bonds is 6. The van der Waals surface area contributed by atoms with Crippen LogP contribution in [0.1, 0.15) is 36.0 Å². The molecule has 2 saturated heterocycles. The van der Waals surface area contributed by atoms with Gasteiger partial charge in [0.25, 0.3) is 15.9 Å². The van der Waals surface area contributed by atoms with Crippen LogP contribution in [0.5, 0.6) is 0 Å². The smallest absolute Gasteiger partial charge is 0.261 e. The lowest BCUT2D eigenvalue weighted by Gasteiger charge is -2.18. The molecule has 1 amide bonds. The van der Waals surface area contributed by atoms with Crippen molar-refractivity contribution in [3.63, 3.8) is 0 Å². The highest BCUT2D eigenvalue weighted by Gasteiger charge is 2.28. The van der Waals surface area contributed by atoms with Crippen molar-refractivity contribution in [1.82, 2.24) is 9.21 Å². The largest absolute Gasteiger partial charge is 0.339 e. The van der Waals surface area contributed by atoms with E-state index in [1.807, 2.05) is 0 Å². The van der Waals surface area contributed by atoms with Crippen molar-refractivity contribution >= 4 is 31.6 Å². The van der Waals surface area contributed by atoms with Gasteiger partial charge in [0.15, 0.2) is 0 Å². The van der Waals surface area contributed by atoms with Gasteiger partial charge in [0, 0.05) is 26.2 Å². The summed E-state index contributed by atoms with van der Waals surface area (Å²) in [7, 11) is -7.62. The minimum absolute atomic E-state index is 0.0676. The second-order valence-corrected chi connectivity index (χ2v) is 11.4. The average Bonchev–Trinajstić information content (AvgIpc) is 3.48. The molecule has 2 heterocycles. The van der Waals surface area contributed by atoms with Gasteiger partial charge in [-0.05, 0) is 62.1 Å². The van der Waals surface area contributed by atoms with Crippen LogP contribution in [-0.2, 0) is 20.0 Å². The van der Waals surface area contributed by atoms with E-state index in [2.05, 4.69) is 4.72 Å². The van der Waals surface area contributed by atoms with Gasteiger partial charge in [-0.3, -0.25) is 9.52 Å². The molecule has 166 valence electrons. The molecule has 10 heteroatoms. The topological polar surface area (TPSA) is 104 Å². The van der Waals surface area contributed by atoms with Crippen molar-refractivity contribution < 1.29 is 21.6 Å². The van der Waals surface area contributed by atoms with Crippen LogP contribution >= 0.6 is 0 Å². The minimum Gasteiger partial charge on any atom is -0.339 e. The molecule has 1 N–H and O–H groups in total. The number of sulfonamides is 2. The Hall–Kier alpha value is -2.43. The number of para-hydroxylation sites is 1. The molecule has 2 aliphatic heterocycles. The molecule has 2 aromatic carbocycles. The van der Waals surface area contributed by atoms with Crippen molar-refractivity contribution in [2.24, 2.45) is 0 Å². The highest BCUT2D eigenvalue weighted by atomic mass is 32.2. The predicted octanol–water partition coefficient (Wildman–Crippen LogP) is 2.51. The Morgan fingerprint density at radius 2 is 1.29 bits per heavy atom. The lowest BCUT2D eigenvalue weighted by molar-refractivity contribution is 0.0794. The van der Waals surface area contributed by atoms with Crippen LogP contribution in [0.25, 0.3) is 0 Å². The van der Waals surface area contributed by atoms with Crippen LogP contribution in [0.2, 0.25) is 0 Å². The van der Waals surface area contributed by atoms with Crippen LogP contribution in [0.15, 0.2) is 58.3 Å². The number of hydrogen-bond acceptors (Lipinski definition) is 5. The van der Waals surface area contributed by atoms with Crippen molar-refractivity contribution in [1.29, 1.82) is 0 Å². The predicted molar refractivity (Wildman–Crippen MR) is 117 cm³/mol. The van der Waals surface area contributed by atoms with E-state index in [1.165, 1.54) is 28.6 Å². The Kier molecular flexibility index (Phi) is 6.05. The summed E-state index contributed by atoms with van der Waals surface area (Å²) in [5, 5.41) is 0. The Labute approximate surface area is 183 Å². The molecule has 2 fully saturated rings. The molecule has 0 radical (unpaired) electrons. The van der Waals surface area contributed by atoms with Gasteiger partial charge in [-0.25, -0.2) is 16.8 Å². The average molecular weight is 464 g/mol. The van der Waals surface area contributed by atoms with E-state index < -0.39 is 20.0 Å². The number of anilines is 1. The van der Waals surface area contributed by atoms with Crippen molar-refractivity contribution in [3.05, 3.63) is 54.1 Å². The maximum atomic E-state index is 12.9. The molecular weight excluding hydrogens is 438 g/mol. The van der Waals surface area contributed by atoms with Gasteiger partial charge in [-0.15, -0.1) is 0 Å². The molecular formula is C21H25N3O5S2. The van der Waals surface area contributed by atoms with E-state index in [0.29, 0.717) is 31.7 Å².